The summed E-state index contributed by atoms with van der Waals surface area (Å²) in [7, 11) is -3.17. The summed E-state index contributed by atoms with van der Waals surface area (Å²) >= 11 is 0. The van der Waals surface area contributed by atoms with E-state index in [0.717, 1.165) is 5.56 Å². The van der Waals surface area contributed by atoms with E-state index in [2.05, 4.69) is 0 Å². The number of ether oxygens (including phenoxy) is 1. The fourth-order valence-corrected chi connectivity index (χ4v) is 3.80. The Bertz CT molecular complexity index is 522. The van der Waals surface area contributed by atoms with E-state index in [9.17, 15) is 13.5 Å². The standard InChI is InChI=1S/C13H18O4S/c1-9(2)10-5-3-4-6-12(10)17-13-8-18(15,16)7-11(13)14/h3-6,9,11,13-14H,7-8H2,1-2H3. The van der Waals surface area contributed by atoms with Crippen LogP contribution >= 0.6 is 0 Å². The van der Waals surface area contributed by atoms with Gasteiger partial charge in [0.1, 0.15) is 18.0 Å². The van der Waals surface area contributed by atoms with Gasteiger partial charge in [0, 0.05) is 0 Å². The monoisotopic (exact) mass is 270 g/mol. The van der Waals surface area contributed by atoms with Crippen molar-refractivity contribution in [3.8, 4) is 5.75 Å². The third-order valence-corrected chi connectivity index (χ3v) is 4.78. The van der Waals surface area contributed by atoms with Crippen LogP contribution in [-0.2, 0) is 9.84 Å². The predicted molar refractivity (Wildman–Crippen MR) is 69.6 cm³/mol. The van der Waals surface area contributed by atoms with Crippen LogP contribution in [0.5, 0.6) is 5.75 Å². The average Bonchev–Trinajstić information content (AvgIpc) is 2.52. The molecule has 0 aromatic heterocycles. The van der Waals surface area contributed by atoms with E-state index in [-0.39, 0.29) is 17.4 Å². The highest BCUT2D eigenvalue weighted by atomic mass is 32.2. The van der Waals surface area contributed by atoms with Crippen LogP contribution in [0.25, 0.3) is 0 Å². The third kappa shape index (κ3) is 2.84. The molecule has 0 saturated carbocycles. The lowest BCUT2D eigenvalue weighted by Crippen LogP contribution is -2.30. The number of hydrogen-bond acceptors (Lipinski definition) is 4. The lowest BCUT2D eigenvalue weighted by molar-refractivity contribution is 0.0730. The first-order valence-electron chi connectivity index (χ1n) is 6.03. The van der Waals surface area contributed by atoms with Crippen molar-refractivity contribution in [2.75, 3.05) is 11.5 Å². The normalized spacial score (nSPS) is 26.4. The summed E-state index contributed by atoms with van der Waals surface area (Å²) in [6, 6.07) is 7.53. The second kappa shape index (κ2) is 4.90. The Hall–Kier alpha value is -1.07. The summed E-state index contributed by atoms with van der Waals surface area (Å²) in [5, 5.41) is 9.71. The molecule has 5 heteroatoms. The smallest absolute Gasteiger partial charge is 0.156 e. The Balaban J connectivity index is 2.20. The molecule has 1 saturated heterocycles. The van der Waals surface area contributed by atoms with Crippen molar-refractivity contribution in [2.24, 2.45) is 0 Å². The largest absolute Gasteiger partial charge is 0.486 e. The Morgan fingerprint density at radius 1 is 1.28 bits per heavy atom. The van der Waals surface area contributed by atoms with Gasteiger partial charge in [0.05, 0.1) is 11.5 Å². The molecule has 0 spiro atoms. The molecule has 1 aliphatic rings. The fourth-order valence-electron chi connectivity index (χ4n) is 2.14. The molecule has 1 aliphatic heterocycles. The number of aliphatic hydroxyl groups is 1. The van der Waals surface area contributed by atoms with Gasteiger partial charge in [-0.05, 0) is 17.5 Å². The zero-order valence-corrected chi connectivity index (χ0v) is 11.4. The molecule has 1 heterocycles. The summed E-state index contributed by atoms with van der Waals surface area (Å²) < 4.78 is 28.5. The molecular weight excluding hydrogens is 252 g/mol. The summed E-state index contributed by atoms with van der Waals surface area (Å²) in [6.45, 7) is 4.09. The quantitative estimate of drug-likeness (QED) is 0.900. The van der Waals surface area contributed by atoms with E-state index in [1.807, 2.05) is 38.1 Å². The summed E-state index contributed by atoms with van der Waals surface area (Å²) in [5.74, 6) is 0.632. The maximum absolute atomic E-state index is 11.4. The topological polar surface area (TPSA) is 63.6 Å². The molecule has 0 aliphatic carbocycles. The second-order valence-electron chi connectivity index (χ2n) is 4.99. The van der Waals surface area contributed by atoms with E-state index in [1.54, 1.807) is 0 Å². The minimum atomic E-state index is -3.17. The number of rotatable bonds is 3. The van der Waals surface area contributed by atoms with Crippen molar-refractivity contribution in [1.29, 1.82) is 0 Å². The van der Waals surface area contributed by atoms with E-state index in [1.165, 1.54) is 0 Å². The summed E-state index contributed by atoms with van der Waals surface area (Å²) in [4.78, 5) is 0. The Kier molecular flexibility index (Phi) is 3.64. The molecule has 18 heavy (non-hydrogen) atoms. The molecule has 2 rings (SSSR count). The molecule has 0 radical (unpaired) electrons. The van der Waals surface area contributed by atoms with Crippen molar-refractivity contribution >= 4 is 9.84 Å². The fraction of sp³-hybridized carbons (Fsp3) is 0.538. The van der Waals surface area contributed by atoms with Gasteiger partial charge in [-0.1, -0.05) is 32.0 Å². The zero-order chi connectivity index (χ0) is 13.3. The molecule has 0 bridgehead atoms. The van der Waals surface area contributed by atoms with Crippen LogP contribution < -0.4 is 4.74 Å². The maximum Gasteiger partial charge on any atom is 0.156 e. The molecule has 100 valence electrons. The van der Waals surface area contributed by atoms with Gasteiger partial charge in [-0.25, -0.2) is 8.42 Å². The predicted octanol–water partition coefficient (Wildman–Crippen LogP) is 1.35. The lowest BCUT2D eigenvalue weighted by atomic mass is 10.0. The van der Waals surface area contributed by atoms with E-state index < -0.39 is 22.0 Å². The van der Waals surface area contributed by atoms with Crippen LogP contribution in [0.3, 0.4) is 0 Å². The van der Waals surface area contributed by atoms with E-state index in [4.69, 9.17) is 4.74 Å². The SMILES string of the molecule is CC(C)c1ccccc1OC1CS(=O)(=O)CC1O. The van der Waals surface area contributed by atoms with Crippen molar-refractivity contribution in [3.63, 3.8) is 0 Å². The van der Waals surface area contributed by atoms with Crippen molar-refractivity contribution in [2.45, 2.75) is 32.0 Å². The van der Waals surface area contributed by atoms with Crippen LogP contribution in [0.4, 0.5) is 0 Å². The number of hydrogen-bond donors (Lipinski definition) is 1. The molecule has 1 aromatic rings. The first kappa shape index (κ1) is 13.4. The van der Waals surface area contributed by atoms with Crippen molar-refractivity contribution < 1.29 is 18.3 Å². The minimum Gasteiger partial charge on any atom is -0.486 e. The zero-order valence-electron chi connectivity index (χ0n) is 10.5. The number of benzene rings is 1. The Morgan fingerprint density at radius 2 is 1.94 bits per heavy atom. The third-order valence-electron chi connectivity index (χ3n) is 3.09. The summed E-state index contributed by atoms with van der Waals surface area (Å²) in [5.41, 5.74) is 1.02. The molecule has 4 nitrogen and oxygen atoms in total. The minimum absolute atomic E-state index is 0.111. The molecule has 1 fully saturated rings. The van der Waals surface area contributed by atoms with E-state index >= 15 is 0 Å². The molecule has 1 N–H and O–H groups in total. The van der Waals surface area contributed by atoms with Gasteiger partial charge in [-0.2, -0.15) is 0 Å². The van der Waals surface area contributed by atoms with Crippen LogP contribution in [0.15, 0.2) is 24.3 Å². The first-order chi connectivity index (χ1) is 8.39. The van der Waals surface area contributed by atoms with Crippen LogP contribution in [-0.4, -0.2) is 37.2 Å². The highest BCUT2D eigenvalue weighted by Crippen LogP contribution is 2.28. The van der Waals surface area contributed by atoms with Crippen molar-refractivity contribution in [3.05, 3.63) is 29.8 Å². The van der Waals surface area contributed by atoms with Crippen LogP contribution in [0, 0.1) is 0 Å². The number of aliphatic hydroxyl groups excluding tert-OH is 1. The molecule has 1 aromatic carbocycles. The maximum atomic E-state index is 11.4. The van der Waals surface area contributed by atoms with Gasteiger partial charge in [-0.3, -0.25) is 0 Å². The average molecular weight is 270 g/mol. The molecule has 2 unspecified atom stereocenters. The molecule has 0 amide bonds. The lowest BCUT2D eigenvalue weighted by Gasteiger charge is -2.19. The van der Waals surface area contributed by atoms with Gasteiger partial charge in [0.25, 0.3) is 0 Å². The van der Waals surface area contributed by atoms with Crippen molar-refractivity contribution in [1.82, 2.24) is 0 Å². The first-order valence-corrected chi connectivity index (χ1v) is 7.85. The molecular formula is C13H18O4S. The second-order valence-corrected chi connectivity index (χ2v) is 7.15. The highest BCUT2D eigenvalue weighted by Gasteiger charge is 2.38. The number of para-hydroxylation sites is 1. The van der Waals surface area contributed by atoms with Crippen LogP contribution in [0.2, 0.25) is 0 Å². The Morgan fingerprint density at radius 3 is 2.50 bits per heavy atom. The Labute approximate surface area is 108 Å². The van der Waals surface area contributed by atoms with Gasteiger partial charge in [-0.15, -0.1) is 0 Å². The van der Waals surface area contributed by atoms with Crippen LogP contribution in [0.1, 0.15) is 25.3 Å². The van der Waals surface area contributed by atoms with Gasteiger partial charge in [0.15, 0.2) is 9.84 Å². The van der Waals surface area contributed by atoms with Gasteiger partial charge in [0.2, 0.25) is 0 Å². The van der Waals surface area contributed by atoms with Gasteiger partial charge < -0.3 is 9.84 Å². The van der Waals surface area contributed by atoms with E-state index in [0.29, 0.717) is 5.75 Å². The summed E-state index contributed by atoms with van der Waals surface area (Å²) in [6.07, 6.45) is -1.59. The number of sulfone groups is 1. The highest BCUT2D eigenvalue weighted by molar-refractivity contribution is 7.91. The molecule has 2 atom stereocenters. The van der Waals surface area contributed by atoms with Gasteiger partial charge >= 0.3 is 0 Å².